The lowest BCUT2D eigenvalue weighted by atomic mass is 10.2. The average Bonchev–Trinajstić information content (AvgIpc) is 2.64. The topological polar surface area (TPSA) is 52.6 Å². The summed E-state index contributed by atoms with van der Waals surface area (Å²) in [6, 6.07) is 13.8. The predicted octanol–water partition coefficient (Wildman–Crippen LogP) is 2.78. The van der Waals surface area contributed by atoms with Crippen molar-refractivity contribution in [1.29, 1.82) is 0 Å². The maximum atomic E-state index is 10.8. The molecule has 118 valence electrons. The normalized spacial score (nSPS) is 8.83. The first-order valence-corrected chi connectivity index (χ1v) is 7.15. The summed E-state index contributed by atoms with van der Waals surface area (Å²) in [5, 5.41) is 0. The summed E-state index contributed by atoms with van der Waals surface area (Å²) in [6.07, 6.45) is 1.47. The number of aldehydes is 2. The molecule has 0 bridgehead atoms. The van der Waals surface area contributed by atoms with E-state index in [-0.39, 0.29) is 13.2 Å². The van der Waals surface area contributed by atoms with Crippen molar-refractivity contribution in [3.8, 4) is 35.2 Å². The van der Waals surface area contributed by atoms with Crippen LogP contribution in [0, 0.1) is 23.7 Å². The number of ether oxygens (including phenoxy) is 2. The first kappa shape index (κ1) is 16.9. The molecule has 2 aromatic carbocycles. The smallest absolute Gasteiger partial charge is 0.153 e. The van der Waals surface area contributed by atoms with Crippen LogP contribution in [0.5, 0.6) is 11.5 Å². The third kappa shape index (κ3) is 5.05. The number of hydrogen-bond donors (Lipinski definition) is 0. The van der Waals surface area contributed by atoms with Crippen molar-refractivity contribution in [3.63, 3.8) is 0 Å². The lowest BCUT2D eigenvalue weighted by Gasteiger charge is -2.03. The van der Waals surface area contributed by atoms with Crippen LogP contribution < -0.4 is 9.47 Å². The summed E-state index contributed by atoms with van der Waals surface area (Å²) in [7, 11) is 0. The minimum atomic E-state index is 0.133. The molecule has 0 aromatic heterocycles. The van der Waals surface area contributed by atoms with E-state index in [2.05, 4.69) is 23.7 Å². The molecule has 0 saturated heterocycles. The molecular weight excluding hydrogens is 304 g/mol. The molecule has 0 unspecified atom stereocenters. The van der Waals surface area contributed by atoms with Crippen LogP contribution in [0.15, 0.2) is 48.5 Å². The maximum absolute atomic E-state index is 10.8. The quantitative estimate of drug-likeness (QED) is 0.607. The van der Waals surface area contributed by atoms with Crippen LogP contribution >= 0.6 is 0 Å². The fraction of sp³-hybridized carbons (Fsp3) is 0.100. The Morgan fingerprint density at radius 1 is 0.708 bits per heavy atom. The van der Waals surface area contributed by atoms with Gasteiger partial charge in [0.05, 0.1) is 11.1 Å². The Hall–Kier alpha value is -3.50. The van der Waals surface area contributed by atoms with Gasteiger partial charge in [-0.3, -0.25) is 9.59 Å². The van der Waals surface area contributed by atoms with E-state index in [1.807, 2.05) is 0 Å². The predicted molar refractivity (Wildman–Crippen MR) is 90.2 cm³/mol. The molecule has 2 aromatic rings. The molecule has 0 N–H and O–H groups in total. The summed E-state index contributed by atoms with van der Waals surface area (Å²) < 4.78 is 10.8. The molecule has 4 nitrogen and oxygen atoms in total. The summed E-state index contributed by atoms with van der Waals surface area (Å²) in [5.41, 5.74) is 0.959. The highest BCUT2D eigenvalue weighted by atomic mass is 16.5. The van der Waals surface area contributed by atoms with Gasteiger partial charge in [-0.05, 0) is 47.9 Å². The average molecular weight is 318 g/mol. The fourth-order valence-corrected chi connectivity index (χ4v) is 1.81. The zero-order valence-electron chi connectivity index (χ0n) is 12.8. The van der Waals surface area contributed by atoms with E-state index in [1.165, 1.54) is 0 Å². The van der Waals surface area contributed by atoms with Gasteiger partial charge in [-0.25, -0.2) is 0 Å². The van der Waals surface area contributed by atoms with E-state index in [9.17, 15) is 9.59 Å². The zero-order chi connectivity index (χ0) is 17.0. The van der Waals surface area contributed by atoms with Gasteiger partial charge >= 0.3 is 0 Å². The first-order valence-electron chi connectivity index (χ1n) is 7.15. The molecule has 0 amide bonds. The summed E-state index contributed by atoms with van der Waals surface area (Å²) in [6.45, 7) is 0.267. The number of rotatable bonds is 6. The molecule has 0 aliphatic carbocycles. The van der Waals surface area contributed by atoms with Gasteiger partial charge in [0.25, 0.3) is 0 Å². The number of benzene rings is 2. The molecule has 0 saturated carbocycles. The Morgan fingerprint density at radius 2 is 1.12 bits per heavy atom. The first-order chi connectivity index (χ1) is 11.8. The Bertz CT molecular complexity index is 760. The zero-order valence-corrected chi connectivity index (χ0v) is 12.8. The van der Waals surface area contributed by atoms with Gasteiger partial charge in [-0.1, -0.05) is 24.3 Å². The lowest BCUT2D eigenvalue weighted by Crippen LogP contribution is -1.97. The second-order valence-electron chi connectivity index (χ2n) is 4.49. The molecule has 0 spiro atoms. The monoisotopic (exact) mass is 318 g/mol. The van der Waals surface area contributed by atoms with Crippen molar-refractivity contribution < 1.29 is 19.1 Å². The van der Waals surface area contributed by atoms with Gasteiger partial charge in [-0.15, -0.1) is 0 Å². The van der Waals surface area contributed by atoms with Crippen molar-refractivity contribution in [3.05, 3.63) is 59.7 Å². The molecule has 0 aliphatic rings. The van der Waals surface area contributed by atoms with Gasteiger partial charge < -0.3 is 9.47 Å². The number of hydrogen-bond acceptors (Lipinski definition) is 4. The van der Waals surface area contributed by atoms with Crippen molar-refractivity contribution in [1.82, 2.24) is 0 Å². The number of carbonyl (C=O) groups is 2. The molecule has 4 heteroatoms. The highest BCUT2D eigenvalue weighted by Gasteiger charge is 2.00. The largest absolute Gasteiger partial charge is 0.480 e. The van der Waals surface area contributed by atoms with Crippen LogP contribution in [-0.4, -0.2) is 25.8 Å². The maximum Gasteiger partial charge on any atom is 0.153 e. The minimum Gasteiger partial charge on any atom is -0.480 e. The van der Waals surface area contributed by atoms with Crippen LogP contribution in [0.1, 0.15) is 20.7 Å². The molecule has 0 aliphatic heterocycles. The van der Waals surface area contributed by atoms with Gasteiger partial charge in [0.2, 0.25) is 0 Å². The van der Waals surface area contributed by atoms with Crippen LogP contribution in [0.3, 0.4) is 0 Å². The second kappa shape index (κ2) is 9.50. The molecule has 0 radical (unpaired) electrons. The van der Waals surface area contributed by atoms with Crippen LogP contribution in [0.25, 0.3) is 0 Å². The Balaban J connectivity index is 1.79. The number of carbonyl (C=O) groups excluding carboxylic acids is 2. The van der Waals surface area contributed by atoms with Gasteiger partial charge in [0.1, 0.15) is 24.7 Å². The van der Waals surface area contributed by atoms with Crippen molar-refractivity contribution in [2.75, 3.05) is 13.2 Å². The van der Waals surface area contributed by atoms with Crippen LogP contribution in [0.2, 0.25) is 0 Å². The highest BCUT2D eigenvalue weighted by molar-refractivity contribution is 5.79. The molecule has 24 heavy (non-hydrogen) atoms. The SMILES string of the molecule is O=Cc1ccccc1OCC#CC#CCOc1ccccc1C=O. The molecule has 0 fully saturated rings. The van der Waals surface area contributed by atoms with Crippen LogP contribution in [0.4, 0.5) is 0 Å². The summed E-state index contributed by atoms with van der Waals surface area (Å²) in [5.74, 6) is 11.7. The van der Waals surface area contributed by atoms with Gasteiger partial charge in [0, 0.05) is 0 Å². The van der Waals surface area contributed by atoms with E-state index in [1.54, 1.807) is 48.5 Å². The molecule has 0 atom stereocenters. The number of para-hydroxylation sites is 2. The third-order valence-electron chi connectivity index (χ3n) is 2.93. The Morgan fingerprint density at radius 3 is 1.54 bits per heavy atom. The van der Waals surface area contributed by atoms with E-state index in [4.69, 9.17) is 9.47 Å². The second-order valence-corrected chi connectivity index (χ2v) is 4.49. The van der Waals surface area contributed by atoms with E-state index < -0.39 is 0 Å². The standard InChI is InChI=1S/C20H14O4/c21-15-17-9-3-5-11-19(17)23-13-7-1-2-8-14-24-20-12-6-4-10-18(20)16-22/h3-6,9-12,15-16H,13-14H2. The van der Waals surface area contributed by atoms with Crippen molar-refractivity contribution in [2.24, 2.45) is 0 Å². The van der Waals surface area contributed by atoms with Crippen molar-refractivity contribution in [2.45, 2.75) is 0 Å². The Kier molecular flexibility index (Phi) is 6.68. The Labute approximate surface area is 140 Å². The minimum absolute atomic E-state index is 0.133. The van der Waals surface area contributed by atoms with Gasteiger partial charge in [0.15, 0.2) is 12.6 Å². The van der Waals surface area contributed by atoms with E-state index >= 15 is 0 Å². The third-order valence-corrected chi connectivity index (χ3v) is 2.93. The fourth-order valence-electron chi connectivity index (χ4n) is 1.81. The molecule has 2 rings (SSSR count). The van der Waals surface area contributed by atoms with Gasteiger partial charge in [-0.2, -0.15) is 0 Å². The van der Waals surface area contributed by atoms with Crippen LogP contribution in [-0.2, 0) is 0 Å². The summed E-state index contributed by atoms with van der Waals surface area (Å²) >= 11 is 0. The van der Waals surface area contributed by atoms with E-state index in [0.717, 1.165) is 12.6 Å². The summed E-state index contributed by atoms with van der Waals surface area (Å²) in [4.78, 5) is 21.6. The molecular formula is C20H14O4. The highest BCUT2D eigenvalue weighted by Crippen LogP contribution is 2.15. The van der Waals surface area contributed by atoms with Crippen molar-refractivity contribution >= 4 is 12.6 Å². The molecule has 0 heterocycles. The lowest BCUT2D eigenvalue weighted by molar-refractivity contribution is 0.111. The van der Waals surface area contributed by atoms with E-state index in [0.29, 0.717) is 22.6 Å².